The number of hydrogen-bond donors (Lipinski definition) is 1. The molecule has 1 aromatic rings. The number of carbonyl (C=O) groups is 1. The molecule has 1 atom stereocenters. The van der Waals surface area contributed by atoms with Crippen molar-refractivity contribution >= 4 is 15.7 Å². The number of ether oxygens (including phenoxy) is 1. The molecule has 1 amide bonds. The average molecular weight is 403 g/mol. The number of amides is 1. The summed E-state index contributed by atoms with van der Waals surface area (Å²) in [5.74, 6) is -4.84. The molecule has 1 N–H and O–H groups in total. The van der Waals surface area contributed by atoms with E-state index in [0.717, 1.165) is 11.0 Å². The third kappa shape index (κ3) is 3.34. The van der Waals surface area contributed by atoms with Crippen molar-refractivity contribution in [2.75, 3.05) is 20.7 Å². The summed E-state index contributed by atoms with van der Waals surface area (Å²) in [5, 5.41) is 9.70. The minimum Gasteiger partial charge on any atom is -0.483 e. The molecule has 26 heavy (non-hydrogen) atoms. The van der Waals surface area contributed by atoms with Gasteiger partial charge in [-0.2, -0.15) is 13.2 Å². The lowest BCUT2D eigenvalue weighted by Crippen LogP contribution is -2.28. The van der Waals surface area contributed by atoms with Crippen molar-refractivity contribution in [2.24, 2.45) is 0 Å². The van der Waals surface area contributed by atoms with Crippen LogP contribution in [0.5, 0.6) is 5.75 Å². The van der Waals surface area contributed by atoms with Gasteiger partial charge in [0.05, 0.1) is 4.90 Å². The van der Waals surface area contributed by atoms with Gasteiger partial charge in [0.15, 0.2) is 6.61 Å². The van der Waals surface area contributed by atoms with Crippen LogP contribution in [0.2, 0.25) is 0 Å². The van der Waals surface area contributed by atoms with Crippen molar-refractivity contribution in [3.05, 3.63) is 23.3 Å². The number of fused-ring (bicyclic) bond motifs is 1. The fourth-order valence-corrected chi connectivity index (χ4v) is 3.43. The molecule has 1 aromatic carbocycles. The van der Waals surface area contributed by atoms with E-state index < -0.39 is 68.1 Å². The molecule has 1 aliphatic rings. The van der Waals surface area contributed by atoms with Crippen LogP contribution in [0, 0.1) is 0 Å². The summed E-state index contributed by atoms with van der Waals surface area (Å²) in [6, 6.07) is 1.19. The molecule has 6 nitrogen and oxygen atoms in total. The number of aliphatic hydroxyl groups is 1. The van der Waals surface area contributed by atoms with Gasteiger partial charge in [0.25, 0.3) is 21.7 Å². The third-order valence-corrected chi connectivity index (χ3v) is 5.35. The molecule has 0 saturated carbocycles. The molecule has 0 aliphatic heterocycles. The average Bonchev–Trinajstić information content (AvgIpc) is 2.73. The summed E-state index contributed by atoms with van der Waals surface area (Å²) in [6.45, 7) is -0.605. The Labute approximate surface area is 145 Å². The topological polar surface area (TPSA) is 83.9 Å². The fourth-order valence-electron chi connectivity index (χ4n) is 2.41. The van der Waals surface area contributed by atoms with Crippen molar-refractivity contribution in [1.29, 1.82) is 0 Å². The van der Waals surface area contributed by atoms with Crippen LogP contribution in [-0.2, 0) is 21.1 Å². The molecule has 0 spiro atoms. The van der Waals surface area contributed by atoms with Crippen molar-refractivity contribution in [3.63, 3.8) is 0 Å². The van der Waals surface area contributed by atoms with Crippen LogP contribution < -0.4 is 4.74 Å². The Morgan fingerprint density at radius 3 is 2.42 bits per heavy atom. The van der Waals surface area contributed by atoms with E-state index >= 15 is 0 Å². The number of aliphatic hydroxyl groups excluding tert-OH is 1. The Bertz CT molecular complexity index is 835. The second-order valence-corrected chi connectivity index (χ2v) is 7.73. The Morgan fingerprint density at radius 1 is 1.35 bits per heavy atom. The van der Waals surface area contributed by atoms with E-state index in [2.05, 4.69) is 0 Å². The quantitative estimate of drug-likeness (QED) is 0.774. The van der Waals surface area contributed by atoms with Gasteiger partial charge in [-0.1, -0.05) is 0 Å². The van der Waals surface area contributed by atoms with Gasteiger partial charge in [-0.05, 0) is 12.1 Å². The highest BCUT2D eigenvalue weighted by atomic mass is 32.2. The number of likely N-dealkylation sites (N-methyl/N-ethyl adjacent to an activating group) is 1. The van der Waals surface area contributed by atoms with Crippen LogP contribution >= 0.6 is 0 Å². The van der Waals surface area contributed by atoms with Gasteiger partial charge in [0, 0.05) is 31.6 Å². The van der Waals surface area contributed by atoms with Gasteiger partial charge in [-0.25, -0.2) is 17.2 Å². The lowest BCUT2D eigenvalue weighted by atomic mass is 10.1. The van der Waals surface area contributed by atoms with Crippen LogP contribution in [0.15, 0.2) is 17.0 Å². The Kier molecular flexibility index (Phi) is 4.96. The lowest BCUT2D eigenvalue weighted by molar-refractivity contribution is -0.130. The zero-order chi connectivity index (χ0) is 20.1. The maximum atomic E-state index is 13.8. The second kappa shape index (κ2) is 6.34. The largest absolute Gasteiger partial charge is 0.501 e. The van der Waals surface area contributed by atoms with Gasteiger partial charge in [-0.15, -0.1) is 0 Å². The maximum Gasteiger partial charge on any atom is 0.501 e. The van der Waals surface area contributed by atoms with E-state index in [1.54, 1.807) is 0 Å². The van der Waals surface area contributed by atoms with E-state index in [-0.39, 0.29) is 0 Å². The van der Waals surface area contributed by atoms with Crippen LogP contribution in [0.1, 0.15) is 17.2 Å². The molecule has 1 unspecified atom stereocenters. The van der Waals surface area contributed by atoms with Gasteiger partial charge in [0.1, 0.15) is 11.9 Å². The molecule has 0 heterocycles. The molecule has 0 radical (unpaired) electrons. The highest BCUT2D eigenvalue weighted by Gasteiger charge is 2.55. The molecule has 12 heteroatoms. The Balaban J connectivity index is 2.58. The van der Waals surface area contributed by atoms with Gasteiger partial charge in [-0.3, -0.25) is 4.79 Å². The molecule has 0 saturated heterocycles. The Hall–Kier alpha value is -1.95. The molecule has 0 bridgehead atoms. The molecule has 0 aromatic heterocycles. The first-order valence-corrected chi connectivity index (χ1v) is 8.54. The summed E-state index contributed by atoms with van der Waals surface area (Å²) in [7, 11) is -3.18. The van der Waals surface area contributed by atoms with Crippen molar-refractivity contribution < 1.29 is 45.0 Å². The number of nitrogens with zero attached hydrogens (tertiary/aromatic N) is 1. The van der Waals surface area contributed by atoms with E-state index in [0.29, 0.717) is 6.07 Å². The number of rotatable bonds is 4. The van der Waals surface area contributed by atoms with E-state index in [1.807, 2.05) is 0 Å². The highest BCUT2D eigenvalue weighted by Crippen LogP contribution is 2.50. The Morgan fingerprint density at radius 2 is 1.92 bits per heavy atom. The molecule has 1 aliphatic carbocycles. The summed E-state index contributed by atoms with van der Waals surface area (Å²) in [6.07, 6.45) is -3.98. The van der Waals surface area contributed by atoms with E-state index in [1.165, 1.54) is 14.1 Å². The second-order valence-electron chi connectivity index (χ2n) is 5.82. The third-order valence-electron chi connectivity index (χ3n) is 3.80. The molecule has 0 fully saturated rings. The zero-order valence-corrected chi connectivity index (χ0v) is 14.3. The first kappa shape index (κ1) is 20.4. The maximum absolute atomic E-state index is 13.8. The fraction of sp³-hybridized carbons (Fsp3) is 0.500. The number of benzene rings is 1. The number of carbonyl (C=O) groups excluding carboxylic acids is 1. The SMILES string of the molecule is CN(C)C(=O)COc1ccc(S(=O)(=O)C(F)(F)F)c2c1CC(F)(F)C2O. The summed E-state index contributed by atoms with van der Waals surface area (Å²) in [5.41, 5.74) is -7.39. The minimum atomic E-state index is -5.97. The highest BCUT2D eigenvalue weighted by molar-refractivity contribution is 7.92. The predicted molar refractivity (Wildman–Crippen MR) is 77.5 cm³/mol. The first-order chi connectivity index (χ1) is 11.7. The smallest absolute Gasteiger partial charge is 0.483 e. The molecular weight excluding hydrogens is 389 g/mol. The summed E-state index contributed by atoms with van der Waals surface area (Å²) in [4.78, 5) is 11.2. The van der Waals surface area contributed by atoms with Gasteiger partial charge in [0.2, 0.25) is 0 Å². The summed E-state index contributed by atoms with van der Waals surface area (Å²) >= 11 is 0. The monoisotopic (exact) mass is 403 g/mol. The number of alkyl halides is 5. The van der Waals surface area contributed by atoms with Crippen LogP contribution in [0.3, 0.4) is 0 Å². The first-order valence-electron chi connectivity index (χ1n) is 7.06. The standard InChI is InChI=1S/C14H14F5NO5S/c1-20(2)10(21)6-25-8-3-4-9(26(23,24)14(17,18)19)11-7(8)5-13(15,16)12(11)22/h3-4,12,22H,5-6H2,1-2H3. The molecule has 2 rings (SSSR count). The normalized spacial score (nSPS) is 19.2. The summed E-state index contributed by atoms with van der Waals surface area (Å²) < 4.78 is 94.5. The minimum absolute atomic E-state index is 0.396. The van der Waals surface area contributed by atoms with Gasteiger partial charge < -0.3 is 14.7 Å². The number of sulfone groups is 1. The van der Waals surface area contributed by atoms with E-state index in [4.69, 9.17) is 4.74 Å². The van der Waals surface area contributed by atoms with E-state index in [9.17, 15) is 40.3 Å². The van der Waals surface area contributed by atoms with Crippen molar-refractivity contribution in [2.45, 2.75) is 28.9 Å². The number of hydrogen-bond acceptors (Lipinski definition) is 5. The van der Waals surface area contributed by atoms with Gasteiger partial charge >= 0.3 is 5.51 Å². The van der Waals surface area contributed by atoms with Crippen molar-refractivity contribution in [3.8, 4) is 5.75 Å². The van der Waals surface area contributed by atoms with Crippen LogP contribution in [-0.4, -0.2) is 56.5 Å². The zero-order valence-electron chi connectivity index (χ0n) is 13.5. The molecular formula is C14H14F5NO5S. The van der Waals surface area contributed by atoms with Crippen molar-refractivity contribution in [1.82, 2.24) is 4.90 Å². The number of halogens is 5. The van der Waals surface area contributed by atoms with Crippen LogP contribution in [0.25, 0.3) is 0 Å². The van der Waals surface area contributed by atoms with Crippen LogP contribution in [0.4, 0.5) is 22.0 Å². The molecule has 146 valence electrons. The predicted octanol–water partition coefficient (Wildman–Crippen LogP) is 1.67. The lowest BCUT2D eigenvalue weighted by Gasteiger charge is -2.18.